The number of likely N-dealkylation sites (tertiary alicyclic amines) is 1. The summed E-state index contributed by atoms with van der Waals surface area (Å²) in [6.45, 7) is 2.54. The Bertz CT molecular complexity index is 488. The molecule has 0 aliphatic carbocycles. The van der Waals surface area contributed by atoms with E-state index in [9.17, 15) is 4.79 Å². The van der Waals surface area contributed by atoms with Crippen LogP contribution < -0.4 is 10.9 Å². The van der Waals surface area contributed by atoms with E-state index in [4.69, 9.17) is 0 Å². The van der Waals surface area contributed by atoms with Crippen molar-refractivity contribution in [3.63, 3.8) is 0 Å². The average Bonchev–Trinajstić information content (AvgIpc) is 2.97. The molecule has 3 rings (SSSR count). The lowest BCUT2D eigenvalue weighted by atomic mass is 9.93. The maximum atomic E-state index is 12.7. The number of rotatable bonds is 2. The van der Waals surface area contributed by atoms with Crippen LogP contribution in [0.3, 0.4) is 0 Å². The fourth-order valence-corrected chi connectivity index (χ4v) is 3.51. The molecule has 108 valence electrons. The third-order valence-corrected chi connectivity index (χ3v) is 4.67. The van der Waals surface area contributed by atoms with Gasteiger partial charge in [0.15, 0.2) is 0 Å². The van der Waals surface area contributed by atoms with Crippen LogP contribution in [0.2, 0.25) is 0 Å². The maximum absolute atomic E-state index is 12.7. The summed E-state index contributed by atoms with van der Waals surface area (Å²) in [5.74, 6) is 0.273. The highest BCUT2D eigenvalue weighted by atomic mass is 79.9. The summed E-state index contributed by atoms with van der Waals surface area (Å²) in [6, 6.07) is 8.24. The summed E-state index contributed by atoms with van der Waals surface area (Å²) >= 11 is 3.50. The first-order chi connectivity index (χ1) is 9.75. The molecule has 1 aromatic carbocycles. The highest BCUT2D eigenvalue weighted by Gasteiger charge is 2.36. The second kappa shape index (κ2) is 6.24. The van der Waals surface area contributed by atoms with Crippen LogP contribution in [0, 0.1) is 5.92 Å². The van der Waals surface area contributed by atoms with Gasteiger partial charge in [-0.1, -0.05) is 28.1 Å². The maximum Gasteiger partial charge on any atom is 0.229 e. The van der Waals surface area contributed by atoms with E-state index >= 15 is 0 Å². The van der Waals surface area contributed by atoms with Gasteiger partial charge in [0.05, 0.1) is 12.0 Å². The number of nitrogens with one attached hydrogen (secondary N) is 2. The van der Waals surface area contributed by atoms with Crippen LogP contribution in [0.15, 0.2) is 28.7 Å². The normalized spacial score (nSPS) is 26.8. The third kappa shape index (κ3) is 2.90. The second-order valence-corrected chi connectivity index (χ2v) is 6.47. The molecule has 2 aliphatic rings. The van der Waals surface area contributed by atoms with E-state index in [0.29, 0.717) is 6.54 Å². The Kier molecular flexibility index (Phi) is 4.38. The average molecular weight is 338 g/mol. The van der Waals surface area contributed by atoms with Gasteiger partial charge in [0, 0.05) is 24.1 Å². The number of benzene rings is 1. The van der Waals surface area contributed by atoms with Crippen LogP contribution in [0.25, 0.3) is 0 Å². The molecular formula is C15H20BrN3O. The summed E-state index contributed by atoms with van der Waals surface area (Å²) < 4.78 is 1.05. The Morgan fingerprint density at radius 2 is 2.05 bits per heavy atom. The summed E-state index contributed by atoms with van der Waals surface area (Å²) in [4.78, 5) is 14.7. The molecule has 0 saturated carbocycles. The molecule has 5 heteroatoms. The molecule has 2 N–H and O–H groups in total. The zero-order valence-electron chi connectivity index (χ0n) is 11.4. The molecule has 0 bridgehead atoms. The van der Waals surface area contributed by atoms with Crippen molar-refractivity contribution < 1.29 is 4.79 Å². The molecule has 20 heavy (non-hydrogen) atoms. The molecule has 2 fully saturated rings. The number of halogens is 1. The fraction of sp³-hybridized carbons (Fsp3) is 0.533. The molecule has 2 atom stereocenters. The molecule has 1 amide bonds. The highest BCUT2D eigenvalue weighted by molar-refractivity contribution is 9.10. The van der Waals surface area contributed by atoms with Gasteiger partial charge in [-0.3, -0.25) is 10.2 Å². The van der Waals surface area contributed by atoms with Crippen LogP contribution >= 0.6 is 15.9 Å². The summed E-state index contributed by atoms with van der Waals surface area (Å²) in [7, 11) is 0. The standard InChI is InChI=1S/C15H20BrN3O/c16-12-6-4-5-11(9-12)14-13(10-17-18-14)15(20)19-7-2-1-3-8-19/h4-6,9,13-14,17-18H,1-3,7-8,10H2. The van der Waals surface area contributed by atoms with Crippen LogP contribution in [-0.2, 0) is 4.79 Å². The van der Waals surface area contributed by atoms with Crippen LogP contribution in [-0.4, -0.2) is 30.4 Å². The fourth-order valence-electron chi connectivity index (χ4n) is 3.09. The lowest BCUT2D eigenvalue weighted by molar-refractivity contribution is -0.136. The van der Waals surface area contributed by atoms with Crippen LogP contribution in [0.5, 0.6) is 0 Å². The van der Waals surface area contributed by atoms with Crippen molar-refractivity contribution in [2.45, 2.75) is 25.3 Å². The van der Waals surface area contributed by atoms with E-state index in [1.54, 1.807) is 0 Å². The van der Waals surface area contributed by atoms with Gasteiger partial charge in [-0.25, -0.2) is 5.43 Å². The number of hydrazine groups is 1. The lowest BCUT2D eigenvalue weighted by Gasteiger charge is -2.30. The van der Waals surface area contributed by atoms with Crippen molar-refractivity contribution >= 4 is 21.8 Å². The molecule has 0 spiro atoms. The van der Waals surface area contributed by atoms with Crippen molar-refractivity contribution in [2.75, 3.05) is 19.6 Å². The zero-order valence-corrected chi connectivity index (χ0v) is 13.0. The lowest BCUT2D eigenvalue weighted by Crippen LogP contribution is -2.42. The predicted octanol–water partition coefficient (Wildman–Crippen LogP) is 2.23. The monoisotopic (exact) mass is 337 g/mol. The second-order valence-electron chi connectivity index (χ2n) is 5.55. The van der Waals surface area contributed by atoms with Crippen LogP contribution in [0.1, 0.15) is 30.9 Å². The Morgan fingerprint density at radius 1 is 1.25 bits per heavy atom. The zero-order chi connectivity index (χ0) is 13.9. The van der Waals surface area contributed by atoms with Gasteiger partial charge in [-0.15, -0.1) is 0 Å². The quantitative estimate of drug-likeness (QED) is 0.869. The molecule has 0 aromatic heterocycles. The van der Waals surface area contributed by atoms with Gasteiger partial charge in [0.1, 0.15) is 0 Å². The topological polar surface area (TPSA) is 44.4 Å². The Labute approximate surface area is 128 Å². The number of hydrogen-bond donors (Lipinski definition) is 2. The molecule has 4 nitrogen and oxygen atoms in total. The molecular weight excluding hydrogens is 318 g/mol. The van der Waals surface area contributed by atoms with E-state index in [1.807, 2.05) is 17.0 Å². The summed E-state index contributed by atoms with van der Waals surface area (Å²) in [5.41, 5.74) is 7.55. The van der Waals surface area contributed by atoms with Gasteiger partial charge in [0.25, 0.3) is 0 Å². The highest BCUT2D eigenvalue weighted by Crippen LogP contribution is 2.29. The molecule has 0 radical (unpaired) electrons. The van der Waals surface area contributed by atoms with Gasteiger partial charge >= 0.3 is 0 Å². The Balaban J connectivity index is 1.76. The number of carbonyl (C=O) groups excluding carboxylic acids is 1. The number of nitrogens with zero attached hydrogens (tertiary/aromatic N) is 1. The molecule has 2 unspecified atom stereocenters. The SMILES string of the molecule is O=C(C1CNNC1c1cccc(Br)c1)N1CCCCC1. The van der Waals surface area contributed by atoms with Crippen molar-refractivity contribution in [1.29, 1.82) is 0 Å². The van der Waals surface area contributed by atoms with Crippen molar-refractivity contribution in [1.82, 2.24) is 15.8 Å². The number of carbonyl (C=O) groups is 1. The molecule has 2 saturated heterocycles. The largest absolute Gasteiger partial charge is 0.342 e. The van der Waals surface area contributed by atoms with Gasteiger partial charge in [-0.05, 0) is 37.0 Å². The van der Waals surface area contributed by atoms with Crippen LogP contribution in [0.4, 0.5) is 0 Å². The van der Waals surface area contributed by atoms with Crippen molar-refractivity contribution in [2.24, 2.45) is 5.92 Å². The van der Waals surface area contributed by atoms with E-state index in [-0.39, 0.29) is 17.9 Å². The minimum atomic E-state index is -0.0117. The first kappa shape index (κ1) is 14.0. The van der Waals surface area contributed by atoms with E-state index in [2.05, 4.69) is 38.9 Å². The van der Waals surface area contributed by atoms with E-state index in [1.165, 1.54) is 6.42 Å². The first-order valence-electron chi connectivity index (χ1n) is 7.28. The predicted molar refractivity (Wildman–Crippen MR) is 81.9 cm³/mol. The minimum absolute atomic E-state index is 0.0117. The third-order valence-electron chi connectivity index (χ3n) is 4.17. The van der Waals surface area contributed by atoms with Gasteiger partial charge < -0.3 is 4.90 Å². The number of piperidine rings is 1. The number of amides is 1. The summed E-state index contributed by atoms with van der Waals surface area (Å²) in [5, 5.41) is 0. The van der Waals surface area contributed by atoms with E-state index in [0.717, 1.165) is 36.0 Å². The first-order valence-corrected chi connectivity index (χ1v) is 8.07. The molecule has 1 aromatic rings. The molecule has 2 aliphatic heterocycles. The van der Waals surface area contributed by atoms with Gasteiger partial charge in [-0.2, -0.15) is 0 Å². The summed E-state index contributed by atoms with van der Waals surface area (Å²) in [6.07, 6.45) is 3.53. The number of hydrogen-bond acceptors (Lipinski definition) is 3. The minimum Gasteiger partial charge on any atom is -0.342 e. The Morgan fingerprint density at radius 3 is 2.80 bits per heavy atom. The van der Waals surface area contributed by atoms with E-state index < -0.39 is 0 Å². The van der Waals surface area contributed by atoms with Gasteiger partial charge in [0.2, 0.25) is 5.91 Å². The van der Waals surface area contributed by atoms with Crippen molar-refractivity contribution in [3.8, 4) is 0 Å². The van der Waals surface area contributed by atoms with Crippen molar-refractivity contribution in [3.05, 3.63) is 34.3 Å². The Hall–Kier alpha value is -0.910. The molecule has 2 heterocycles. The smallest absolute Gasteiger partial charge is 0.229 e.